The van der Waals surface area contributed by atoms with Gasteiger partial charge in [-0.1, -0.05) is 5.16 Å². The second-order valence-electron chi connectivity index (χ2n) is 10.5. The molecule has 0 bridgehead atoms. The first-order valence-electron chi connectivity index (χ1n) is 13.3. The fraction of sp³-hybridized carbons (Fsp3) is 0.519. The van der Waals surface area contributed by atoms with Crippen LogP contribution in [-0.4, -0.2) is 65.1 Å². The van der Waals surface area contributed by atoms with Crippen molar-refractivity contribution in [1.82, 2.24) is 9.88 Å². The number of oxime groups is 1. The molecule has 0 radical (unpaired) electrons. The molecule has 2 aromatic rings. The summed E-state index contributed by atoms with van der Waals surface area (Å²) in [6, 6.07) is 3.95. The fourth-order valence-electron chi connectivity index (χ4n) is 5.22. The summed E-state index contributed by atoms with van der Waals surface area (Å²) in [4.78, 5) is 25.0. The van der Waals surface area contributed by atoms with Gasteiger partial charge in [0, 0.05) is 38.2 Å². The van der Waals surface area contributed by atoms with Crippen molar-refractivity contribution in [2.24, 2.45) is 5.16 Å². The third kappa shape index (κ3) is 6.45. The van der Waals surface area contributed by atoms with Gasteiger partial charge in [-0.15, -0.1) is 0 Å². The van der Waals surface area contributed by atoms with Gasteiger partial charge in [-0.3, -0.25) is 0 Å². The van der Waals surface area contributed by atoms with Crippen LogP contribution in [-0.2, 0) is 11.0 Å². The number of amides is 2. The van der Waals surface area contributed by atoms with E-state index in [0.717, 1.165) is 30.1 Å². The summed E-state index contributed by atoms with van der Waals surface area (Å²) in [6.07, 6.45) is -0.682. The summed E-state index contributed by atoms with van der Waals surface area (Å²) in [6.45, 7) is 1.47. The van der Waals surface area contributed by atoms with Gasteiger partial charge in [0.05, 0.1) is 36.2 Å². The van der Waals surface area contributed by atoms with E-state index in [9.17, 15) is 31.9 Å². The number of rotatable bonds is 5. The zero-order chi connectivity index (χ0) is 28.4. The van der Waals surface area contributed by atoms with Gasteiger partial charge in [0.2, 0.25) is 0 Å². The normalized spacial score (nSPS) is 20.8. The highest BCUT2D eigenvalue weighted by Gasteiger charge is 2.32. The fourth-order valence-corrected chi connectivity index (χ4v) is 5.22. The van der Waals surface area contributed by atoms with Crippen LogP contribution < -0.4 is 10.2 Å². The molecule has 13 heteroatoms. The zero-order valence-corrected chi connectivity index (χ0v) is 21.6. The van der Waals surface area contributed by atoms with Gasteiger partial charge in [0.1, 0.15) is 23.6 Å². The number of aromatic nitrogens is 1. The largest absolute Gasteiger partial charge is 0.417 e. The number of nitrogens with one attached hydrogen (secondary N) is 1. The molecule has 8 nitrogen and oxygen atoms in total. The molecule has 1 aliphatic carbocycles. The monoisotopic (exact) mass is 567 g/mol. The van der Waals surface area contributed by atoms with Crippen LogP contribution in [0.25, 0.3) is 0 Å². The lowest BCUT2D eigenvalue weighted by Crippen LogP contribution is -2.54. The number of pyridine rings is 1. The highest BCUT2D eigenvalue weighted by atomic mass is 19.4. The minimum absolute atomic E-state index is 0.121. The summed E-state index contributed by atoms with van der Waals surface area (Å²) in [5.74, 6) is -1.00. The molecule has 0 spiro atoms. The summed E-state index contributed by atoms with van der Waals surface area (Å²) in [7, 11) is 0. The highest BCUT2D eigenvalue weighted by Crippen LogP contribution is 2.36. The number of aliphatic hydroxyl groups is 1. The van der Waals surface area contributed by atoms with Crippen LogP contribution in [0, 0.1) is 11.6 Å². The molecule has 2 saturated heterocycles. The van der Waals surface area contributed by atoms with Gasteiger partial charge >= 0.3 is 12.2 Å². The molecule has 1 aromatic carbocycles. The number of anilines is 2. The number of alkyl halides is 3. The number of carbonyl (C=O) groups is 1. The van der Waals surface area contributed by atoms with Gasteiger partial charge in [-0.2, -0.15) is 13.2 Å². The van der Waals surface area contributed by atoms with Crippen molar-refractivity contribution in [1.29, 1.82) is 0 Å². The average molecular weight is 568 g/mol. The maximum absolute atomic E-state index is 14.9. The number of halogens is 5. The van der Waals surface area contributed by atoms with Crippen LogP contribution in [0.2, 0.25) is 0 Å². The number of likely N-dealkylation sites (tertiary alicyclic amines) is 1. The van der Waals surface area contributed by atoms with E-state index < -0.39 is 35.5 Å². The molecular weight excluding hydrogens is 537 g/mol. The Bertz CT molecular complexity index is 1230. The van der Waals surface area contributed by atoms with Crippen molar-refractivity contribution in [3.05, 3.63) is 53.2 Å². The van der Waals surface area contributed by atoms with E-state index in [4.69, 9.17) is 4.84 Å². The van der Waals surface area contributed by atoms with Crippen molar-refractivity contribution in [2.45, 2.75) is 62.8 Å². The molecule has 3 heterocycles. The van der Waals surface area contributed by atoms with E-state index in [-0.39, 0.29) is 36.4 Å². The predicted molar refractivity (Wildman–Crippen MR) is 137 cm³/mol. The summed E-state index contributed by atoms with van der Waals surface area (Å²) in [5, 5.41) is 16.0. The van der Waals surface area contributed by atoms with Crippen LogP contribution in [0.1, 0.15) is 55.6 Å². The second kappa shape index (κ2) is 11.6. The molecule has 5 rings (SSSR count). The Morgan fingerprint density at radius 2 is 1.75 bits per heavy atom. The second-order valence-corrected chi connectivity index (χ2v) is 10.5. The van der Waals surface area contributed by atoms with E-state index in [0.29, 0.717) is 57.4 Å². The Morgan fingerprint density at radius 1 is 1.05 bits per heavy atom. The molecule has 3 aliphatic rings. The van der Waals surface area contributed by atoms with E-state index in [1.54, 1.807) is 0 Å². The van der Waals surface area contributed by atoms with Gasteiger partial charge in [-0.05, 0) is 55.4 Å². The SMILES string of the molecule is O=C(Nc1cc(F)c(C2CCC(=NOC3CCN(c4ccc(C(F)(F)F)cn4)CC3)CC2)cc1F)N1CC(O)C1. The van der Waals surface area contributed by atoms with Crippen LogP contribution in [0.5, 0.6) is 0 Å². The van der Waals surface area contributed by atoms with Crippen LogP contribution in [0.15, 0.2) is 35.6 Å². The molecule has 1 saturated carbocycles. The number of hydrogen-bond acceptors (Lipinski definition) is 6. The topological polar surface area (TPSA) is 90.3 Å². The molecular formula is C27H30F5N5O3. The minimum atomic E-state index is -4.42. The molecule has 2 amide bonds. The highest BCUT2D eigenvalue weighted by molar-refractivity contribution is 5.90. The molecule has 1 aromatic heterocycles. The van der Waals surface area contributed by atoms with Crippen molar-refractivity contribution < 1.29 is 36.7 Å². The lowest BCUT2D eigenvalue weighted by Gasteiger charge is -2.35. The summed E-state index contributed by atoms with van der Waals surface area (Å²) < 4.78 is 67.8. The molecule has 3 fully saturated rings. The summed E-state index contributed by atoms with van der Waals surface area (Å²) >= 11 is 0. The Labute approximate surface area is 227 Å². The Kier molecular flexibility index (Phi) is 8.11. The van der Waals surface area contributed by atoms with Crippen molar-refractivity contribution >= 4 is 23.2 Å². The standard InChI is InChI=1S/C27H30F5N5O3/c28-22-12-24(34-26(39)37-14-19(38)15-37)23(29)11-21(22)16-1-4-18(5-2-16)35-40-20-7-9-36(10-8-20)25-6-3-17(13-33-25)27(30,31)32/h3,6,11-13,16,19-20,38H,1-2,4-5,7-10,14-15H2,(H,34,39). The van der Waals surface area contributed by atoms with Crippen molar-refractivity contribution in [3.8, 4) is 0 Å². The molecule has 2 N–H and O–H groups in total. The van der Waals surface area contributed by atoms with Gasteiger partial charge in [0.25, 0.3) is 0 Å². The molecule has 216 valence electrons. The quantitative estimate of drug-likeness (QED) is 0.379. The number of piperidine rings is 1. The smallest absolute Gasteiger partial charge is 0.392 e. The van der Waals surface area contributed by atoms with Crippen molar-refractivity contribution in [3.63, 3.8) is 0 Å². The number of aliphatic hydroxyl groups excluding tert-OH is 1. The Hall–Kier alpha value is -3.48. The Balaban J connectivity index is 1.08. The van der Waals surface area contributed by atoms with Gasteiger partial charge < -0.3 is 25.1 Å². The number of urea groups is 1. The van der Waals surface area contributed by atoms with Crippen LogP contribution in [0.4, 0.5) is 38.3 Å². The van der Waals surface area contributed by atoms with Crippen LogP contribution >= 0.6 is 0 Å². The number of carbonyl (C=O) groups excluding carboxylic acids is 1. The third-order valence-electron chi connectivity index (χ3n) is 7.65. The first-order chi connectivity index (χ1) is 19.1. The Morgan fingerprint density at radius 3 is 2.35 bits per heavy atom. The first kappa shape index (κ1) is 28.1. The molecule has 2 aliphatic heterocycles. The average Bonchev–Trinajstić information content (AvgIpc) is 2.92. The maximum atomic E-state index is 14.9. The molecule has 0 atom stereocenters. The summed E-state index contributed by atoms with van der Waals surface area (Å²) in [5.41, 5.74) is 0.0983. The van der Waals surface area contributed by atoms with Crippen molar-refractivity contribution in [2.75, 3.05) is 36.4 Å². The number of nitrogens with zero attached hydrogens (tertiary/aromatic N) is 4. The first-order valence-corrected chi connectivity index (χ1v) is 13.3. The number of hydrogen-bond donors (Lipinski definition) is 2. The number of β-amino-alcohol motifs (C(OH)–C–C–N with tert-alkyl or cyclic N) is 1. The number of benzene rings is 1. The zero-order valence-electron chi connectivity index (χ0n) is 21.6. The molecule has 40 heavy (non-hydrogen) atoms. The van der Waals surface area contributed by atoms with E-state index in [1.165, 1.54) is 11.0 Å². The minimum Gasteiger partial charge on any atom is -0.392 e. The van der Waals surface area contributed by atoms with E-state index in [2.05, 4.69) is 15.5 Å². The van der Waals surface area contributed by atoms with E-state index >= 15 is 0 Å². The van der Waals surface area contributed by atoms with Gasteiger partial charge in [-0.25, -0.2) is 18.6 Å². The maximum Gasteiger partial charge on any atom is 0.417 e. The third-order valence-corrected chi connectivity index (χ3v) is 7.65. The predicted octanol–water partition coefficient (Wildman–Crippen LogP) is 5.29. The molecule has 0 unspecified atom stereocenters. The lowest BCUT2D eigenvalue weighted by atomic mass is 9.83. The lowest BCUT2D eigenvalue weighted by molar-refractivity contribution is -0.137. The van der Waals surface area contributed by atoms with E-state index in [1.807, 2.05) is 4.90 Å². The van der Waals surface area contributed by atoms with Gasteiger partial charge in [0.15, 0.2) is 0 Å². The van der Waals surface area contributed by atoms with Crippen LogP contribution in [0.3, 0.4) is 0 Å².